The number of carboxylic acid groups (broad SMARTS) is 1. The summed E-state index contributed by atoms with van der Waals surface area (Å²) in [7, 11) is 0. The Morgan fingerprint density at radius 2 is 2.27 bits per heavy atom. The van der Waals surface area contributed by atoms with Gasteiger partial charge in [-0.25, -0.2) is 0 Å². The smallest absolute Gasteiger partial charge is 0.306 e. The van der Waals surface area contributed by atoms with E-state index in [4.69, 9.17) is 5.11 Å². The standard InChI is InChI=1S/C9H16O2/c1-3-4-5-6-7-8(2)9(10)11/h3-4,8H,5-7H2,1-2H3,(H,10,11). The number of hydrogen-bond donors (Lipinski definition) is 1. The van der Waals surface area contributed by atoms with Gasteiger partial charge in [-0.15, -0.1) is 0 Å². The predicted octanol–water partition coefficient (Wildman–Crippen LogP) is 2.45. The van der Waals surface area contributed by atoms with Gasteiger partial charge in [0.2, 0.25) is 0 Å². The maximum Gasteiger partial charge on any atom is 0.306 e. The molecule has 1 N–H and O–H groups in total. The van der Waals surface area contributed by atoms with E-state index in [2.05, 4.69) is 6.08 Å². The molecule has 2 nitrogen and oxygen atoms in total. The Morgan fingerprint density at radius 3 is 2.73 bits per heavy atom. The van der Waals surface area contributed by atoms with Crippen molar-refractivity contribution in [1.29, 1.82) is 0 Å². The van der Waals surface area contributed by atoms with E-state index in [1.165, 1.54) is 0 Å². The second-order valence-corrected chi connectivity index (χ2v) is 2.74. The average Bonchev–Trinajstić information content (AvgIpc) is 1.97. The molecule has 64 valence electrons. The second kappa shape index (κ2) is 5.96. The van der Waals surface area contributed by atoms with Crippen LogP contribution < -0.4 is 0 Å². The van der Waals surface area contributed by atoms with Gasteiger partial charge in [0.05, 0.1) is 5.92 Å². The summed E-state index contributed by atoms with van der Waals surface area (Å²) in [5.74, 6) is -0.884. The number of aliphatic carboxylic acids is 1. The van der Waals surface area contributed by atoms with Gasteiger partial charge < -0.3 is 5.11 Å². The Bertz CT molecular complexity index is 138. The molecule has 0 heterocycles. The minimum Gasteiger partial charge on any atom is -0.481 e. The third-order valence-electron chi connectivity index (χ3n) is 1.67. The quantitative estimate of drug-likeness (QED) is 0.490. The van der Waals surface area contributed by atoms with Gasteiger partial charge in [0.15, 0.2) is 0 Å². The van der Waals surface area contributed by atoms with Crippen LogP contribution >= 0.6 is 0 Å². The summed E-state index contributed by atoms with van der Waals surface area (Å²) in [5.41, 5.74) is 0. The monoisotopic (exact) mass is 156 g/mol. The lowest BCUT2D eigenvalue weighted by Gasteiger charge is -2.02. The Kier molecular flexibility index (Phi) is 5.53. The minimum atomic E-state index is -0.689. The maximum atomic E-state index is 10.3. The van der Waals surface area contributed by atoms with Crippen molar-refractivity contribution >= 4 is 5.97 Å². The zero-order valence-electron chi connectivity index (χ0n) is 7.21. The van der Waals surface area contributed by atoms with Gasteiger partial charge in [0.25, 0.3) is 0 Å². The molecule has 0 saturated heterocycles. The first-order valence-corrected chi connectivity index (χ1v) is 4.02. The fraction of sp³-hybridized carbons (Fsp3) is 0.667. The van der Waals surface area contributed by atoms with E-state index < -0.39 is 5.97 Å². The van der Waals surface area contributed by atoms with E-state index >= 15 is 0 Å². The molecule has 0 fully saturated rings. The van der Waals surface area contributed by atoms with Crippen molar-refractivity contribution in [3.63, 3.8) is 0 Å². The highest BCUT2D eigenvalue weighted by atomic mass is 16.4. The third-order valence-corrected chi connectivity index (χ3v) is 1.67. The highest BCUT2D eigenvalue weighted by molar-refractivity contribution is 5.69. The van der Waals surface area contributed by atoms with Crippen molar-refractivity contribution in [2.45, 2.75) is 33.1 Å². The molecule has 0 spiro atoms. The van der Waals surface area contributed by atoms with E-state index in [-0.39, 0.29) is 5.92 Å². The molecular weight excluding hydrogens is 140 g/mol. The number of allylic oxidation sites excluding steroid dienone is 2. The van der Waals surface area contributed by atoms with E-state index in [0.717, 1.165) is 19.3 Å². The lowest BCUT2D eigenvalue weighted by atomic mass is 10.0. The van der Waals surface area contributed by atoms with Gasteiger partial charge in [0.1, 0.15) is 0 Å². The molecule has 0 radical (unpaired) electrons. The summed E-state index contributed by atoms with van der Waals surface area (Å²) >= 11 is 0. The van der Waals surface area contributed by atoms with Crippen LogP contribution in [0.1, 0.15) is 33.1 Å². The first-order valence-electron chi connectivity index (χ1n) is 4.02. The van der Waals surface area contributed by atoms with Crippen LogP contribution in [0.15, 0.2) is 12.2 Å². The van der Waals surface area contributed by atoms with Gasteiger partial charge in [-0.1, -0.05) is 19.1 Å². The fourth-order valence-electron chi connectivity index (χ4n) is 0.832. The van der Waals surface area contributed by atoms with Gasteiger partial charge in [-0.3, -0.25) is 4.79 Å². The van der Waals surface area contributed by atoms with Gasteiger partial charge in [-0.05, 0) is 26.2 Å². The van der Waals surface area contributed by atoms with Gasteiger partial charge in [-0.2, -0.15) is 0 Å². The van der Waals surface area contributed by atoms with Crippen molar-refractivity contribution in [1.82, 2.24) is 0 Å². The van der Waals surface area contributed by atoms with Crippen molar-refractivity contribution in [3.05, 3.63) is 12.2 Å². The van der Waals surface area contributed by atoms with Crippen LogP contribution in [-0.2, 0) is 4.79 Å². The van der Waals surface area contributed by atoms with Crippen LogP contribution in [0.4, 0.5) is 0 Å². The number of carbonyl (C=O) groups is 1. The molecule has 0 aromatic heterocycles. The van der Waals surface area contributed by atoms with Crippen LogP contribution in [0, 0.1) is 5.92 Å². The molecular formula is C9H16O2. The van der Waals surface area contributed by atoms with Crippen LogP contribution in [0.25, 0.3) is 0 Å². The molecule has 0 rings (SSSR count). The average molecular weight is 156 g/mol. The summed E-state index contributed by atoms with van der Waals surface area (Å²) in [5, 5.41) is 8.52. The van der Waals surface area contributed by atoms with Crippen LogP contribution in [0.3, 0.4) is 0 Å². The molecule has 0 aliphatic rings. The molecule has 0 saturated carbocycles. The highest BCUT2D eigenvalue weighted by Crippen LogP contribution is 2.07. The SMILES string of the molecule is CC=CCCCC(C)C(=O)O. The zero-order chi connectivity index (χ0) is 8.69. The molecule has 1 atom stereocenters. The van der Waals surface area contributed by atoms with Gasteiger partial charge in [0, 0.05) is 0 Å². The summed E-state index contributed by atoms with van der Waals surface area (Å²) in [6.07, 6.45) is 6.80. The van der Waals surface area contributed by atoms with Crippen molar-refractivity contribution in [2.75, 3.05) is 0 Å². The molecule has 0 aliphatic heterocycles. The van der Waals surface area contributed by atoms with Crippen LogP contribution in [0.2, 0.25) is 0 Å². The molecule has 2 heteroatoms. The van der Waals surface area contributed by atoms with Crippen molar-refractivity contribution in [2.24, 2.45) is 5.92 Å². The van der Waals surface area contributed by atoms with Crippen molar-refractivity contribution in [3.8, 4) is 0 Å². The molecule has 11 heavy (non-hydrogen) atoms. The third kappa shape index (κ3) is 5.64. The molecule has 0 amide bonds. The van der Waals surface area contributed by atoms with E-state index in [9.17, 15) is 4.79 Å². The predicted molar refractivity (Wildman–Crippen MR) is 45.5 cm³/mol. The number of unbranched alkanes of at least 4 members (excludes halogenated alkanes) is 1. The fourth-order valence-corrected chi connectivity index (χ4v) is 0.832. The normalized spacial score (nSPS) is 13.6. The lowest BCUT2D eigenvalue weighted by Crippen LogP contribution is -2.08. The lowest BCUT2D eigenvalue weighted by molar-refractivity contribution is -0.141. The summed E-state index contributed by atoms with van der Waals surface area (Å²) < 4.78 is 0. The maximum absolute atomic E-state index is 10.3. The van der Waals surface area contributed by atoms with Crippen molar-refractivity contribution < 1.29 is 9.90 Å². The molecule has 0 aromatic rings. The summed E-state index contributed by atoms with van der Waals surface area (Å²) in [6, 6.07) is 0. The Labute approximate surface area is 67.9 Å². The molecule has 0 bridgehead atoms. The Balaban J connectivity index is 3.31. The number of rotatable bonds is 5. The van der Waals surface area contributed by atoms with E-state index in [1.807, 2.05) is 13.0 Å². The second-order valence-electron chi connectivity index (χ2n) is 2.74. The summed E-state index contributed by atoms with van der Waals surface area (Å²) in [6.45, 7) is 3.72. The summed E-state index contributed by atoms with van der Waals surface area (Å²) in [4.78, 5) is 10.3. The zero-order valence-corrected chi connectivity index (χ0v) is 7.21. The first kappa shape index (κ1) is 10.2. The highest BCUT2D eigenvalue weighted by Gasteiger charge is 2.08. The van der Waals surface area contributed by atoms with Gasteiger partial charge >= 0.3 is 5.97 Å². The first-order chi connectivity index (χ1) is 5.18. The van der Waals surface area contributed by atoms with Crippen LogP contribution in [0.5, 0.6) is 0 Å². The minimum absolute atomic E-state index is 0.194. The van der Waals surface area contributed by atoms with E-state index in [1.54, 1.807) is 6.92 Å². The number of carboxylic acids is 1. The topological polar surface area (TPSA) is 37.3 Å². The molecule has 1 unspecified atom stereocenters. The largest absolute Gasteiger partial charge is 0.481 e. The van der Waals surface area contributed by atoms with E-state index in [0.29, 0.717) is 0 Å². The molecule has 0 aromatic carbocycles. The van der Waals surface area contributed by atoms with Crippen LogP contribution in [-0.4, -0.2) is 11.1 Å². The molecule has 0 aliphatic carbocycles. The Hall–Kier alpha value is -0.790. The number of hydrogen-bond acceptors (Lipinski definition) is 1. The Morgan fingerprint density at radius 1 is 1.64 bits per heavy atom.